The Hall–Kier alpha value is -0.570. The molecular weight excluding hydrogens is 200 g/mol. The molecule has 0 aromatic carbocycles. The number of hydrogen-bond donors (Lipinski definition) is 2. The fraction of sp³-hybridized carbons (Fsp3) is 0.923. The van der Waals surface area contributed by atoms with Crippen molar-refractivity contribution in [3.63, 3.8) is 0 Å². The molecule has 3 nitrogen and oxygen atoms in total. The SMILES string of the molecule is CN[C@@H](CC(C)C)C(=O)NC1CCCCC1. The van der Waals surface area contributed by atoms with Crippen molar-refractivity contribution in [1.82, 2.24) is 10.6 Å². The van der Waals surface area contributed by atoms with Crippen molar-refractivity contribution in [2.45, 2.75) is 64.5 Å². The molecule has 0 aliphatic heterocycles. The highest BCUT2D eigenvalue weighted by Crippen LogP contribution is 2.17. The van der Waals surface area contributed by atoms with Gasteiger partial charge in [-0.1, -0.05) is 33.1 Å². The summed E-state index contributed by atoms with van der Waals surface area (Å²) in [5.74, 6) is 0.734. The summed E-state index contributed by atoms with van der Waals surface area (Å²) in [5.41, 5.74) is 0. The smallest absolute Gasteiger partial charge is 0.237 e. The summed E-state index contributed by atoms with van der Waals surface area (Å²) in [4.78, 5) is 12.0. The lowest BCUT2D eigenvalue weighted by Gasteiger charge is -2.26. The van der Waals surface area contributed by atoms with E-state index in [4.69, 9.17) is 0 Å². The third-order valence-electron chi connectivity index (χ3n) is 3.32. The van der Waals surface area contributed by atoms with Crippen LogP contribution in [0.1, 0.15) is 52.4 Å². The number of rotatable bonds is 5. The molecular formula is C13H26N2O. The number of nitrogens with one attached hydrogen (secondary N) is 2. The van der Waals surface area contributed by atoms with Crippen LogP contribution in [0.2, 0.25) is 0 Å². The molecule has 2 N–H and O–H groups in total. The summed E-state index contributed by atoms with van der Waals surface area (Å²) in [6.07, 6.45) is 7.08. The zero-order chi connectivity index (χ0) is 12.0. The summed E-state index contributed by atoms with van der Waals surface area (Å²) in [6.45, 7) is 4.30. The van der Waals surface area contributed by atoms with Gasteiger partial charge in [0.15, 0.2) is 0 Å². The molecule has 0 saturated heterocycles. The summed E-state index contributed by atoms with van der Waals surface area (Å²) in [6, 6.07) is 0.395. The van der Waals surface area contributed by atoms with Crippen LogP contribution in [0.25, 0.3) is 0 Å². The topological polar surface area (TPSA) is 41.1 Å². The molecule has 16 heavy (non-hydrogen) atoms. The van der Waals surface area contributed by atoms with Crippen molar-refractivity contribution in [2.75, 3.05) is 7.05 Å². The number of carbonyl (C=O) groups excluding carboxylic acids is 1. The summed E-state index contributed by atoms with van der Waals surface area (Å²) in [5, 5.41) is 6.28. The van der Waals surface area contributed by atoms with Crippen molar-refractivity contribution in [2.24, 2.45) is 5.92 Å². The van der Waals surface area contributed by atoms with E-state index in [0.717, 1.165) is 19.3 Å². The third-order valence-corrected chi connectivity index (χ3v) is 3.32. The molecule has 1 aliphatic carbocycles. The number of likely N-dealkylation sites (N-methyl/N-ethyl adjacent to an activating group) is 1. The Morgan fingerprint density at radius 3 is 2.38 bits per heavy atom. The van der Waals surface area contributed by atoms with E-state index in [9.17, 15) is 4.79 Å². The second-order valence-electron chi connectivity index (χ2n) is 5.31. The van der Waals surface area contributed by atoms with Gasteiger partial charge >= 0.3 is 0 Å². The first kappa shape index (κ1) is 13.5. The predicted molar refractivity (Wildman–Crippen MR) is 67.3 cm³/mol. The molecule has 1 fully saturated rings. The molecule has 0 radical (unpaired) electrons. The first-order valence-corrected chi connectivity index (χ1v) is 6.61. The molecule has 1 saturated carbocycles. The molecule has 0 aromatic rings. The van der Waals surface area contributed by atoms with Gasteiger partial charge < -0.3 is 10.6 Å². The van der Waals surface area contributed by atoms with Gasteiger partial charge in [0, 0.05) is 6.04 Å². The van der Waals surface area contributed by atoms with Crippen molar-refractivity contribution in [1.29, 1.82) is 0 Å². The number of hydrogen-bond acceptors (Lipinski definition) is 2. The monoisotopic (exact) mass is 226 g/mol. The summed E-state index contributed by atoms with van der Waals surface area (Å²) in [7, 11) is 1.87. The number of carbonyl (C=O) groups is 1. The van der Waals surface area contributed by atoms with Crippen LogP contribution in [0.5, 0.6) is 0 Å². The average molecular weight is 226 g/mol. The third kappa shape index (κ3) is 4.52. The Kier molecular flexibility index (Phi) is 5.81. The maximum atomic E-state index is 12.0. The van der Waals surface area contributed by atoms with Gasteiger partial charge in [-0.2, -0.15) is 0 Å². The molecule has 1 aliphatic rings. The van der Waals surface area contributed by atoms with Crippen LogP contribution in [0, 0.1) is 5.92 Å². The molecule has 1 atom stereocenters. The second-order valence-corrected chi connectivity index (χ2v) is 5.31. The van der Waals surface area contributed by atoms with E-state index >= 15 is 0 Å². The van der Waals surface area contributed by atoms with Crippen LogP contribution in [0.3, 0.4) is 0 Å². The van der Waals surface area contributed by atoms with Crippen LogP contribution in [0.4, 0.5) is 0 Å². The largest absolute Gasteiger partial charge is 0.352 e. The van der Waals surface area contributed by atoms with Gasteiger partial charge in [0.2, 0.25) is 5.91 Å². The Morgan fingerprint density at radius 2 is 1.88 bits per heavy atom. The maximum absolute atomic E-state index is 12.0. The van der Waals surface area contributed by atoms with Crippen molar-refractivity contribution >= 4 is 5.91 Å². The highest BCUT2D eigenvalue weighted by Gasteiger charge is 2.21. The lowest BCUT2D eigenvalue weighted by Crippen LogP contribution is -2.47. The predicted octanol–water partition coefficient (Wildman–Crippen LogP) is 2.07. The Labute approximate surface area is 99.4 Å². The quantitative estimate of drug-likeness (QED) is 0.753. The molecule has 94 valence electrons. The van der Waals surface area contributed by atoms with Gasteiger partial charge in [0.25, 0.3) is 0 Å². The fourth-order valence-corrected chi connectivity index (χ4v) is 2.38. The fourth-order valence-electron chi connectivity index (χ4n) is 2.38. The molecule has 0 unspecified atom stereocenters. The minimum absolute atomic E-state index is 0.0260. The van der Waals surface area contributed by atoms with Crippen molar-refractivity contribution in [3.05, 3.63) is 0 Å². The maximum Gasteiger partial charge on any atom is 0.237 e. The molecule has 0 aromatic heterocycles. The van der Waals surface area contributed by atoms with E-state index in [-0.39, 0.29) is 11.9 Å². The van der Waals surface area contributed by atoms with Gasteiger partial charge in [0.05, 0.1) is 6.04 Å². The Morgan fingerprint density at radius 1 is 1.25 bits per heavy atom. The summed E-state index contributed by atoms with van der Waals surface area (Å²) < 4.78 is 0. The zero-order valence-corrected chi connectivity index (χ0v) is 10.9. The van der Waals surface area contributed by atoms with E-state index in [0.29, 0.717) is 12.0 Å². The van der Waals surface area contributed by atoms with Crippen molar-refractivity contribution in [3.8, 4) is 0 Å². The van der Waals surface area contributed by atoms with Crippen LogP contribution < -0.4 is 10.6 Å². The van der Waals surface area contributed by atoms with Gasteiger partial charge in [-0.25, -0.2) is 0 Å². The Balaban J connectivity index is 2.35. The molecule has 0 bridgehead atoms. The highest BCUT2D eigenvalue weighted by molar-refractivity contribution is 5.82. The zero-order valence-electron chi connectivity index (χ0n) is 10.9. The molecule has 0 spiro atoms. The van der Waals surface area contributed by atoms with E-state index in [2.05, 4.69) is 24.5 Å². The van der Waals surface area contributed by atoms with E-state index in [1.807, 2.05) is 7.05 Å². The molecule has 1 amide bonds. The van der Waals surface area contributed by atoms with Crippen LogP contribution >= 0.6 is 0 Å². The number of amides is 1. The standard InChI is InChI=1S/C13H26N2O/c1-10(2)9-12(14-3)13(16)15-11-7-5-4-6-8-11/h10-12,14H,4-9H2,1-3H3,(H,15,16)/t12-/m0/s1. The summed E-state index contributed by atoms with van der Waals surface area (Å²) >= 11 is 0. The van der Waals surface area contributed by atoms with Gasteiger partial charge in [-0.15, -0.1) is 0 Å². The van der Waals surface area contributed by atoms with Gasteiger partial charge in [-0.05, 0) is 32.2 Å². The first-order chi connectivity index (χ1) is 7.63. The first-order valence-electron chi connectivity index (χ1n) is 6.61. The van der Waals surface area contributed by atoms with Crippen LogP contribution in [-0.4, -0.2) is 25.0 Å². The molecule has 1 rings (SSSR count). The normalized spacial score (nSPS) is 19.8. The minimum atomic E-state index is -0.0260. The lowest BCUT2D eigenvalue weighted by molar-refractivity contribution is -0.124. The van der Waals surface area contributed by atoms with E-state index in [1.165, 1.54) is 19.3 Å². The minimum Gasteiger partial charge on any atom is -0.352 e. The van der Waals surface area contributed by atoms with Crippen LogP contribution in [-0.2, 0) is 4.79 Å². The lowest BCUT2D eigenvalue weighted by atomic mass is 9.95. The van der Waals surface area contributed by atoms with Gasteiger partial charge in [-0.3, -0.25) is 4.79 Å². The highest BCUT2D eigenvalue weighted by atomic mass is 16.2. The van der Waals surface area contributed by atoms with Crippen LogP contribution in [0.15, 0.2) is 0 Å². The average Bonchev–Trinajstić information content (AvgIpc) is 2.26. The van der Waals surface area contributed by atoms with E-state index in [1.54, 1.807) is 0 Å². The molecule has 0 heterocycles. The second kappa shape index (κ2) is 6.89. The van der Waals surface area contributed by atoms with E-state index < -0.39 is 0 Å². The molecule has 3 heteroatoms. The van der Waals surface area contributed by atoms with Crippen molar-refractivity contribution < 1.29 is 4.79 Å². The Bertz CT molecular complexity index is 210. The van der Waals surface area contributed by atoms with Gasteiger partial charge in [0.1, 0.15) is 0 Å².